The molecule has 2 aliphatic heterocycles. The van der Waals surface area contributed by atoms with Crippen LogP contribution in [0.1, 0.15) is 32.1 Å². The zero-order chi connectivity index (χ0) is 14.9. The molecule has 5 nitrogen and oxygen atoms in total. The molecule has 1 saturated carbocycles. The molecule has 5 heteroatoms. The molecule has 1 N–H and O–H groups in total. The van der Waals surface area contributed by atoms with Crippen molar-refractivity contribution in [3.05, 3.63) is 0 Å². The molecule has 0 bridgehead atoms. The van der Waals surface area contributed by atoms with Gasteiger partial charge < -0.3 is 24.4 Å². The van der Waals surface area contributed by atoms with E-state index < -0.39 is 5.79 Å². The Kier molecular flexibility index (Phi) is 4.86. The molecule has 122 valence electrons. The Morgan fingerprint density at radius 1 is 1.19 bits per heavy atom. The molecule has 2 atom stereocenters. The van der Waals surface area contributed by atoms with Gasteiger partial charge in [-0.25, -0.2) is 0 Å². The van der Waals surface area contributed by atoms with Crippen LogP contribution in [0, 0.1) is 5.92 Å². The molecule has 0 aromatic rings. The van der Waals surface area contributed by atoms with E-state index in [4.69, 9.17) is 9.47 Å². The minimum absolute atomic E-state index is 0.163. The minimum atomic E-state index is -0.412. The van der Waals surface area contributed by atoms with Crippen molar-refractivity contribution in [3.63, 3.8) is 0 Å². The lowest BCUT2D eigenvalue weighted by molar-refractivity contribution is -0.204. The standard InChI is InChI=1S/C16H30N2O3/c1-17-7-4-13(5-8-17)12-18(2)14-11-16(6-3-15(14)19)20-9-10-21-16/h13-15,19H,3-12H2,1-2H3. The van der Waals surface area contributed by atoms with Crippen LogP contribution in [-0.4, -0.2) is 79.8 Å². The van der Waals surface area contributed by atoms with E-state index in [9.17, 15) is 5.11 Å². The Hall–Kier alpha value is -0.200. The molecule has 3 rings (SSSR count). The normalized spacial score (nSPS) is 34.9. The van der Waals surface area contributed by atoms with Crippen molar-refractivity contribution < 1.29 is 14.6 Å². The van der Waals surface area contributed by atoms with Crippen molar-refractivity contribution in [2.45, 2.75) is 50.0 Å². The van der Waals surface area contributed by atoms with E-state index in [1.807, 2.05) is 0 Å². The molecule has 3 fully saturated rings. The van der Waals surface area contributed by atoms with Crippen LogP contribution in [0.3, 0.4) is 0 Å². The lowest BCUT2D eigenvalue weighted by Crippen LogP contribution is -2.53. The molecular weight excluding hydrogens is 268 g/mol. The van der Waals surface area contributed by atoms with Crippen LogP contribution in [0.4, 0.5) is 0 Å². The Morgan fingerprint density at radius 2 is 1.86 bits per heavy atom. The maximum absolute atomic E-state index is 10.4. The predicted octanol–water partition coefficient (Wildman–Crippen LogP) is 0.917. The molecule has 0 radical (unpaired) electrons. The van der Waals surface area contributed by atoms with Crippen molar-refractivity contribution in [1.82, 2.24) is 9.80 Å². The van der Waals surface area contributed by atoms with Crippen LogP contribution < -0.4 is 0 Å². The zero-order valence-electron chi connectivity index (χ0n) is 13.5. The Balaban J connectivity index is 1.56. The van der Waals surface area contributed by atoms with Crippen LogP contribution in [0.2, 0.25) is 0 Å². The number of ether oxygens (including phenoxy) is 2. The molecule has 3 aliphatic rings. The molecule has 0 amide bonds. The van der Waals surface area contributed by atoms with E-state index in [1.165, 1.54) is 25.9 Å². The number of likely N-dealkylation sites (N-methyl/N-ethyl adjacent to an activating group) is 1. The first-order valence-corrected chi connectivity index (χ1v) is 8.43. The van der Waals surface area contributed by atoms with Crippen LogP contribution >= 0.6 is 0 Å². The highest BCUT2D eigenvalue weighted by Crippen LogP contribution is 2.38. The fraction of sp³-hybridized carbons (Fsp3) is 1.00. The fourth-order valence-corrected chi connectivity index (χ4v) is 4.11. The Morgan fingerprint density at radius 3 is 2.52 bits per heavy atom. The molecule has 2 unspecified atom stereocenters. The summed E-state index contributed by atoms with van der Waals surface area (Å²) < 4.78 is 11.7. The maximum Gasteiger partial charge on any atom is 0.170 e. The largest absolute Gasteiger partial charge is 0.391 e. The summed E-state index contributed by atoms with van der Waals surface area (Å²) in [5.74, 6) is 0.340. The van der Waals surface area contributed by atoms with E-state index in [2.05, 4.69) is 23.9 Å². The number of likely N-dealkylation sites (tertiary alicyclic amines) is 1. The van der Waals surface area contributed by atoms with Gasteiger partial charge in [0.1, 0.15) is 0 Å². The lowest BCUT2D eigenvalue weighted by atomic mass is 9.85. The summed E-state index contributed by atoms with van der Waals surface area (Å²) in [4.78, 5) is 4.76. The van der Waals surface area contributed by atoms with Crippen LogP contribution in [0.15, 0.2) is 0 Å². The number of nitrogens with zero attached hydrogens (tertiary/aromatic N) is 2. The molecule has 1 spiro atoms. The monoisotopic (exact) mass is 298 g/mol. The summed E-state index contributed by atoms with van der Waals surface area (Å²) in [7, 11) is 4.35. The fourth-order valence-electron chi connectivity index (χ4n) is 4.11. The van der Waals surface area contributed by atoms with Crippen LogP contribution in [-0.2, 0) is 9.47 Å². The SMILES string of the molecule is CN1CCC(CN(C)C2CC3(CCC2O)OCCO3)CC1. The topological polar surface area (TPSA) is 45.2 Å². The number of hydrogen-bond acceptors (Lipinski definition) is 5. The number of aliphatic hydroxyl groups is 1. The van der Waals surface area contributed by atoms with Gasteiger partial charge in [-0.05, 0) is 52.4 Å². The van der Waals surface area contributed by atoms with Gasteiger partial charge in [0, 0.05) is 25.4 Å². The van der Waals surface area contributed by atoms with Crippen molar-refractivity contribution >= 4 is 0 Å². The van der Waals surface area contributed by atoms with Gasteiger partial charge in [0.05, 0.1) is 19.3 Å². The van der Waals surface area contributed by atoms with E-state index in [0.717, 1.165) is 31.7 Å². The highest BCUT2D eigenvalue weighted by molar-refractivity contribution is 4.93. The minimum Gasteiger partial charge on any atom is -0.391 e. The average Bonchev–Trinajstić information content (AvgIpc) is 2.93. The first-order valence-electron chi connectivity index (χ1n) is 8.43. The molecule has 0 aromatic heterocycles. The van der Waals surface area contributed by atoms with Gasteiger partial charge in [-0.3, -0.25) is 0 Å². The summed E-state index contributed by atoms with van der Waals surface area (Å²) in [6, 6.07) is 0.163. The number of aliphatic hydroxyl groups excluding tert-OH is 1. The molecule has 1 aliphatic carbocycles. The van der Waals surface area contributed by atoms with E-state index in [0.29, 0.717) is 13.2 Å². The van der Waals surface area contributed by atoms with Crippen molar-refractivity contribution in [2.75, 3.05) is 46.9 Å². The van der Waals surface area contributed by atoms with Gasteiger partial charge in [0.2, 0.25) is 0 Å². The smallest absolute Gasteiger partial charge is 0.170 e. The molecule has 0 aromatic carbocycles. The summed E-state index contributed by atoms with van der Waals surface area (Å²) in [5, 5.41) is 10.4. The first kappa shape index (κ1) is 15.7. The van der Waals surface area contributed by atoms with Gasteiger partial charge in [-0.15, -0.1) is 0 Å². The number of piperidine rings is 1. The zero-order valence-corrected chi connectivity index (χ0v) is 13.5. The second-order valence-corrected chi connectivity index (χ2v) is 7.17. The first-order chi connectivity index (χ1) is 10.1. The molecule has 2 heterocycles. The number of rotatable bonds is 3. The third kappa shape index (κ3) is 3.59. The number of hydrogen-bond donors (Lipinski definition) is 1. The highest BCUT2D eigenvalue weighted by Gasteiger charge is 2.46. The molecule has 2 saturated heterocycles. The second kappa shape index (κ2) is 6.50. The van der Waals surface area contributed by atoms with E-state index in [1.54, 1.807) is 0 Å². The van der Waals surface area contributed by atoms with Crippen LogP contribution in [0.5, 0.6) is 0 Å². The third-order valence-corrected chi connectivity index (χ3v) is 5.55. The van der Waals surface area contributed by atoms with Gasteiger partial charge in [-0.2, -0.15) is 0 Å². The van der Waals surface area contributed by atoms with Gasteiger partial charge in [0.25, 0.3) is 0 Å². The molecular formula is C16H30N2O3. The lowest BCUT2D eigenvalue weighted by Gasteiger charge is -2.44. The van der Waals surface area contributed by atoms with Gasteiger partial charge >= 0.3 is 0 Å². The Bertz CT molecular complexity index is 338. The van der Waals surface area contributed by atoms with Crippen LogP contribution in [0.25, 0.3) is 0 Å². The molecule has 21 heavy (non-hydrogen) atoms. The second-order valence-electron chi connectivity index (χ2n) is 7.17. The van der Waals surface area contributed by atoms with E-state index in [-0.39, 0.29) is 12.1 Å². The predicted molar refractivity (Wildman–Crippen MR) is 81.1 cm³/mol. The van der Waals surface area contributed by atoms with Crippen molar-refractivity contribution in [1.29, 1.82) is 0 Å². The van der Waals surface area contributed by atoms with Crippen molar-refractivity contribution in [2.24, 2.45) is 5.92 Å². The van der Waals surface area contributed by atoms with Gasteiger partial charge in [0.15, 0.2) is 5.79 Å². The average molecular weight is 298 g/mol. The quantitative estimate of drug-likeness (QED) is 0.839. The van der Waals surface area contributed by atoms with E-state index >= 15 is 0 Å². The summed E-state index contributed by atoms with van der Waals surface area (Å²) in [5.41, 5.74) is 0. The highest BCUT2D eigenvalue weighted by atomic mass is 16.7. The third-order valence-electron chi connectivity index (χ3n) is 5.55. The summed E-state index contributed by atoms with van der Waals surface area (Å²) >= 11 is 0. The summed E-state index contributed by atoms with van der Waals surface area (Å²) in [6.07, 6.45) is 4.69. The Labute approximate surface area is 128 Å². The van der Waals surface area contributed by atoms with Crippen molar-refractivity contribution in [3.8, 4) is 0 Å². The maximum atomic E-state index is 10.4. The summed E-state index contributed by atoms with van der Waals surface area (Å²) in [6.45, 7) is 4.86. The van der Waals surface area contributed by atoms with Gasteiger partial charge in [-0.1, -0.05) is 0 Å².